The second-order valence-electron chi connectivity index (χ2n) is 6.85. The molecular weight excluding hydrogens is 378 g/mol. The zero-order valence-electron chi connectivity index (χ0n) is 17.7. The van der Waals surface area contributed by atoms with Crippen LogP contribution in [0.5, 0.6) is 0 Å². The highest BCUT2D eigenvalue weighted by Crippen LogP contribution is 2.24. The van der Waals surface area contributed by atoms with E-state index in [1.165, 1.54) is 0 Å². The summed E-state index contributed by atoms with van der Waals surface area (Å²) < 4.78 is 12.9. The Hall–Kier alpha value is -3.19. The maximum Gasteiger partial charge on any atom is 0.298 e. The lowest BCUT2D eigenvalue weighted by atomic mass is 10.3. The third-order valence-electron chi connectivity index (χ3n) is 4.58. The number of nitrogens with zero attached hydrogens (tertiary/aromatic N) is 5. The Balaban J connectivity index is 0.000000189. The van der Waals surface area contributed by atoms with Crippen molar-refractivity contribution < 1.29 is 9.15 Å². The molecule has 0 saturated heterocycles. The zero-order valence-corrected chi connectivity index (χ0v) is 17.7. The lowest BCUT2D eigenvalue weighted by Gasteiger charge is -2.25. The number of para-hydroxylation sites is 2. The second-order valence-corrected chi connectivity index (χ2v) is 6.85. The Morgan fingerprint density at radius 2 is 2.20 bits per heavy atom. The molecule has 3 heterocycles. The van der Waals surface area contributed by atoms with Gasteiger partial charge in [-0.15, -0.1) is 0 Å². The predicted molar refractivity (Wildman–Crippen MR) is 121 cm³/mol. The SMILES string of the molecule is C=C/C=C(/COC)N=CCCC.c1ccc2oc(N3CCn4ccnc4C3)nc2c1. The molecule has 0 amide bonds. The van der Waals surface area contributed by atoms with Crippen LogP contribution >= 0.6 is 0 Å². The first-order valence-electron chi connectivity index (χ1n) is 10.2. The Bertz CT molecular complexity index is 969. The molecule has 7 heteroatoms. The van der Waals surface area contributed by atoms with Crippen LogP contribution in [0.1, 0.15) is 25.6 Å². The van der Waals surface area contributed by atoms with Crippen LogP contribution in [-0.2, 0) is 17.8 Å². The number of aliphatic imine (C=N–C) groups is 1. The van der Waals surface area contributed by atoms with E-state index in [1.807, 2.05) is 48.9 Å². The van der Waals surface area contributed by atoms with Gasteiger partial charge in [0.15, 0.2) is 5.58 Å². The molecule has 0 aliphatic carbocycles. The predicted octanol–water partition coefficient (Wildman–Crippen LogP) is 4.62. The van der Waals surface area contributed by atoms with Crippen LogP contribution in [0.15, 0.2) is 70.5 Å². The number of hydrogen-bond acceptors (Lipinski definition) is 6. The number of imidazole rings is 1. The van der Waals surface area contributed by atoms with Crippen molar-refractivity contribution in [3.63, 3.8) is 0 Å². The lowest BCUT2D eigenvalue weighted by Crippen LogP contribution is -2.33. The summed E-state index contributed by atoms with van der Waals surface area (Å²) in [6.45, 7) is 8.85. The van der Waals surface area contributed by atoms with Crippen molar-refractivity contribution in [3.05, 3.63) is 66.9 Å². The van der Waals surface area contributed by atoms with Crippen LogP contribution in [-0.4, -0.2) is 41.0 Å². The minimum atomic E-state index is 0.548. The molecule has 158 valence electrons. The number of allylic oxidation sites excluding steroid dienone is 2. The van der Waals surface area contributed by atoms with E-state index in [0.29, 0.717) is 12.6 Å². The Morgan fingerprint density at radius 1 is 1.33 bits per heavy atom. The maximum absolute atomic E-state index is 5.78. The fraction of sp³-hybridized carbons (Fsp3) is 0.348. The molecule has 7 nitrogen and oxygen atoms in total. The minimum Gasteiger partial charge on any atom is -0.423 e. The molecule has 0 spiro atoms. The molecule has 0 unspecified atom stereocenters. The average Bonchev–Trinajstić information content (AvgIpc) is 3.41. The molecule has 0 radical (unpaired) electrons. The van der Waals surface area contributed by atoms with Crippen molar-refractivity contribution in [2.75, 3.05) is 25.2 Å². The van der Waals surface area contributed by atoms with Gasteiger partial charge in [0.25, 0.3) is 6.01 Å². The van der Waals surface area contributed by atoms with E-state index < -0.39 is 0 Å². The number of benzene rings is 1. The smallest absolute Gasteiger partial charge is 0.298 e. The van der Waals surface area contributed by atoms with Gasteiger partial charge in [0.2, 0.25) is 0 Å². The average molecular weight is 408 g/mol. The molecule has 0 atom stereocenters. The third kappa shape index (κ3) is 5.67. The highest BCUT2D eigenvalue weighted by Gasteiger charge is 2.20. The molecule has 2 aromatic heterocycles. The third-order valence-corrected chi connectivity index (χ3v) is 4.58. The number of rotatable bonds is 7. The van der Waals surface area contributed by atoms with Crippen molar-refractivity contribution in [3.8, 4) is 0 Å². The second kappa shape index (κ2) is 11.1. The van der Waals surface area contributed by atoms with Crippen molar-refractivity contribution in [1.29, 1.82) is 0 Å². The Kier molecular flexibility index (Phi) is 7.97. The van der Waals surface area contributed by atoms with Gasteiger partial charge in [0.1, 0.15) is 11.3 Å². The minimum absolute atomic E-state index is 0.548. The fourth-order valence-corrected chi connectivity index (χ4v) is 3.06. The molecule has 0 fully saturated rings. The summed E-state index contributed by atoms with van der Waals surface area (Å²) in [6.07, 6.45) is 11.5. The van der Waals surface area contributed by atoms with E-state index in [0.717, 1.165) is 55.1 Å². The molecule has 0 N–H and O–H groups in total. The van der Waals surface area contributed by atoms with E-state index in [4.69, 9.17) is 9.15 Å². The van der Waals surface area contributed by atoms with Gasteiger partial charge in [-0.25, -0.2) is 4.98 Å². The number of anilines is 1. The number of hydrogen-bond donors (Lipinski definition) is 0. The van der Waals surface area contributed by atoms with Gasteiger partial charge < -0.3 is 18.6 Å². The summed E-state index contributed by atoms with van der Waals surface area (Å²) in [4.78, 5) is 15.2. The van der Waals surface area contributed by atoms with Gasteiger partial charge in [0.05, 0.1) is 18.8 Å². The molecule has 3 aromatic rings. The lowest BCUT2D eigenvalue weighted by molar-refractivity contribution is 0.225. The number of methoxy groups -OCH3 is 1. The van der Waals surface area contributed by atoms with Crippen molar-refractivity contribution >= 4 is 23.3 Å². The highest BCUT2D eigenvalue weighted by atomic mass is 16.5. The monoisotopic (exact) mass is 407 g/mol. The van der Waals surface area contributed by atoms with Gasteiger partial charge >= 0.3 is 0 Å². The molecule has 4 rings (SSSR count). The van der Waals surface area contributed by atoms with Crippen LogP contribution < -0.4 is 4.90 Å². The summed E-state index contributed by atoms with van der Waals surface area (Å²) in [5, 5.41) is 0. The van der Waals surface area contributed by atoms with E-state index in [-0.39, 0.29) is 0 Å². The first kappa shape index (κ1) is 21.5. The number of aromatic nitrogens is 3. The standard InChI is InChI=1S/C13H12N4O.C10H17NO/c1-2-4-11-10(3-1)15-13(18-11)17-8-7-16-6-5-14-12(16)9-17;1-4-6-8-11-10(7-5-2)9-12-3/h1-6H,7-9H2;5,7-8H,2,4,6,9H2,1,3H3/b;10-7-,11-8?. The highest BCUT2D eigenvalue weighted by molar-refractivity contribution is 5.74. The van der Waals surface area contributed by atoms with Crippen LogP contribution in [0.4, 0.5) is 6.01 Å². The normalized spacial score (nSPS) is 13.9. The quantitative estimate of drug-likeness (QED) is 0.422. The molecule has 1 aliphatic heterocycles. The van der Waals surface area contributed by atoms with Crippen LogP contribution in [0.3, 0.4) is 0 Å². The van der Waals surface area contributed by atoms with Gasteiger partial charge in [-0.3, -0.25) is 4.99 Å². The molecule has 0 bridgehead atoms. The van der Waals surface area contributed by atoms with Gasteiger partial charge in [-0.05, 0) is 24.6 Å². The molecule has 30 heavy (non-hydrogen) atoms. The van der Waals surface area contributed by atoms with E-state index in [2.05, 4.69) is 37.9 Å². The number of oxazole rings is 1. The number of unbranched alkanes of at least 4 members (excludes halogenated alkanes) is 1. The van der Waals surface area contributed by atoms with Crippen molar-refractivity contribution in [1.82, 2.24) is 14.5 Å². The van der Waals surface area contributed by atoms with Gasteiger partial charge in [-0.2, -0.15) is 4.98 Å². The van der Waals surface area contributed by atoms with Gasteiger partial charge in [-0.1, -0.05) is 38.1 Å². The van der Waals surface area contributed by atoms with E-state index >= 15 is 0 Å². The number of ether oxygens (including phenoxy) is 1. The summed E-state index contributed by atoms with van der Waals surface area (Å²) in [6, 6.07) is 8.52. The van der Waals surface area contributed by atoms with Crippen LogP contribution in [0, 0.1) is 0 Å². The fourth-order valence-electron chi connectivity index (χ4n) is 3.06. The number of fused-ring (bicyclic) bond motifs is 2. The molecular formula is C23H29N5O2. The Labute approximate surface area is 177 Å². The van der Waals surface area contributed by atoms with Crippen molar-refractivity contribution in [2.45, 2.75) is 32.9 Å². The van der Waals surface area contributed by atoms with Crippen molar-refractivity contribution in [2.24, 2.45) is 4.99 Å². The largest absolute Gasteiger partial charge is 0.423 e. The van der Waals surface area contributed by atoms with E-state index in [9.17, 15) is 0 Å². The summed E-state index contributed by atoms with van der Waals surface area (Å²) in [5.41, 5.74) is 2.66. The summed E-state index contributed by atoms with van der Waals surface area (Å²) in [5.74, 6) is 1.06. The van der Waals surface area contributed by atoms with Crippen LogP contribution in [0.25, 0.3) is 11.1 Å². The molecule has 1 aromatic carbocycles. The van der Waals surface area contributed by atoms with Crippen LogP contribution in [0.2, 0.25) is 0 Å². The zero-order chi connectivity index (χ0) is 21.2. The Morgan fingerprint density at radius 3 is 2.97 bits per heavy atom. The maximum atomic E-state index is 5.78. The summed E-state index contributed by atoms with van der Waals surface area (Å²) >= 11 is 0. The first-order valence-corrected chi connectivity index (χ1v) is 10.2. The summed E-state index contributed by atoms with van der Waals surface area (Å²) in [7, 11) is 1.66. The van der Waals surface area contributed by atoms with Gasteiger partial charge in [0, 0.05) is 38.8 Å². The first-order chi connectivity index (χ1) is 14.7. The topological polar surface area (TPSA) is 68.7 Å². The molecule has 1 aliphatic rings. The van der Waals surface area contributed by atoms with E-state index in [1.54, 1.807) is 13.2 Å². The molecule has 0 saturated carbocycles.